The SMILES string of the molecule is C=C(C)C.CC(=O)OC(C)C.CC(C)=O.CC(C)C.CC1=CCOCC1.CC1CC1.CC1CCOCC1.CCC(C)=O.CCOC(C)=O.Cc1ccccc1.Cc1ccccn1.Cc1cccnn1.Cc1cccs1.Cc1cn[nH]c1.Cc1cnccn1.Cc1ncccn1.Cc1nccs1.Cn1cccn1. The summed E-state index contributed by atoms with van der Waals surface area (Å²) in [5.74, 6) is 3.65. The monoisotopic (exact) mass is 1520 g/mol. The van der Waals surface area contributed by atoms with Crippen molar-refractivity contribution in [2.24, 2.45) is 24.8 Å². The van der Waals surface area contributed by atoms with Gasteiger partial charge in [0.2, 0.25) is 0 Å². The number of nitrogens with one attached hydrogen (secondary N) is 1. The van der Waals surface area contributed by atoms with Gasteiger partial charge in [-0.2, -0.15) is 20.4 Å². The van der Waals surface area contributed by atoms with Crippen molar-refractivity contribution in [1.29, 1.82) is 0 Å². The van der Waals surface area contributed by atoms with Crippen molar-refractivity contribution < 1.29 is 38.1 Å². The fourth-order valence-electron chi connectivity index (χ4n) is 5.56. The molecule has 1 saturated heterocycles. The number of esters is 2. The Morgan fingerprint density at radius 1 is 0.589 bits per heavy atom. The number of nitrogens with zero attached hydrogens (tertiary/aromatic N) is 11. The Morgan fingerprint density at radius 3 is 1.32 bits per heavy atom. The zero-order chi connectivity index (χ0) is 82.3. The number of allylic oxidation sites excluding steroid dienone is 1. The molecule has 1 saturated carbocycles. The van der Waals surface area contributed by atoms with Crippen LogP contribution in [0.2, 0.25) is 0 Å². The molecule has 1 aliphatic carbocycles. The van der Waals surface area contributed by atoms with E-state index in [4.69, 9.17) is 9.47 Å². The lowest BCUT2D eigenvalue weighted by molar-refractivity contribution is -0.144. The molecular weight excluding hydrogens is 1380 g/mol. The second kappa shape index (κ2) is 81.1. The predicted molar refractivity (Wildman–Crippen MR) is 447 cm³/mol. The first kappa shape index (κ1) is 109. The molecule has 596 valence electrons. The van der Waals surface area contributed by atoms with Gasteiger partial charge in [-0.15, -0.1) is 29.3 Å². The first-order chi connectivity index (χ1) is 50.6. The van der Waals surface area contributed by atoms with Crippen molar-refractivity contribution in [3.63, 3.8) is 0 Å². The zero-order valence-electron chi connectivity index (χ0n) is 70.0. The van der Waals surface area contributed by atoms with Crippen LogP contribution >= 0.6 is 22.7 Å². The van der Waals surface area contributed by atoms with Gasteiger partial charge in [-0.25, -0.2) is 9.97 Å². The summed E-state index contributed by atoms with van der Waals surface area (Å²) in [6.07, 6.45) is 30.5. The number of carbonyl (C=O) groups is 4. The summed E-state index contributed by atoms with van der Waals surface area (Å²) in [6, 6.07) is 27.7. The second-order valence-corrected chi connectivity index (χ2v) is 27.5. The largest absolute Gasteiger partial charge is 0.466 e. The first-order valence-corrected chi connectivity index (χ1v) is 37.9. The number of aromatic amines is 1. The minimum Gasteiger partial charge on any atom is -0.466 e. The van der Waals surface area contributed by atoms with Crippen LogP contribution in [0.4, 0.5) is 0 Å². The van der Waals surface area contributed by atoms with E-state index in [2.05, 4.69) is 163 Å². The molecule has 1 aromatic carbocycles. The third-order valence-electron chi connectivity index (χ3n) is 11.2. The van der Waals surface area contributed by atoms with Crippen molar-refractivity contribution in [1.82, 2.24) is 60.1 Å². The summed E-state index contributed by atoms with van der Waals surface area (Å²) >= 11 is 3.44. The van der Waals surface area contributed by atoms with Crippen LogP contribution < -0.4 is 0 Å². The van der Waals surface area contributed by atoms with E-state index in [-0.39, 0.29) is 29.6 Å². The fraction of sp³-hybridized carbons (Fsp3) is 0.482. The number of ketones is 2. The van der Waals surface area contributed by atoms with Crippen molar-refractivity contribution in [2.45, 2.75) is 218 Å². The topological polar surface area (TPSA) is 255 Å². The predicted octanol–water partition coefficient (Wildman–Crippen LogP) is 20.9. The van der Waals surface area contributed by atoms with Gasteiger partial charge in [-0.05, 0) is 208 Å². The Morgan fingerprint density at radius 2 is 1.15 bits per heavy atom. The Balaban J connectivity index is -0.000000253. The van der Waals surface area contributed by atoms with Gasteiger partial charge in [-0.3, -0.25) is 39.3 Å². The van der Waals surface area contributed by atoms with E-state index in [1.54, 1.807) is 109 Å². The minimum atomic E-state index is -0.213. The molecule has 20 nitrogen and oxygen atoms in total. The summed E-state index contributed by atoms with van der Waals surface area (Å²) in [5, 5.41) is 22.8. The molecule has 8 aromatic heterocycles. The van der Waals surface area contributed by atoms with Crippen LogP contribution in [-0.2, 0) is 45.2 Å². The van der Waals surface area contributed by atoms with Crippen molar-refractivity contribution in [2.75, 3.05) is 33.0 Å². The Kier molecular flexibility index (Phi) is 82.6. The van der Waals surface area contributed by atoms with Gasteiger partial charge in [0.15, 0.2) is 0 Å². The van der Waals surface area contributed by atoms with E-state index in [0.29, 0.717) is 13.0 Å². The number of hydrogen-bond donors (Lipinski definition) is 1. The summed E-state index contributed by atoms with van der Waals surface area (Å²) in [7, 11) is 1.89. The second-order valence-electron chi connectivity index (χ2n) is 25.2. The number of aryl methyl sites for hydroxylation is 9. The lowest BCUT2D eigenvalue weighted by Crippen LogP contribution is -2.12. The third-order valence-corrected chi connectivity index (χ3v) is 12.7. The van der Waals surface area contributed by atoms with Crippen LogP contribution in [0.3, 0.4) is 0 Å². The van der Waals surface area contributed by atoms with Gasteiger partial charge >= 0.3 is 11.9 Å². The van der Waals surface area contributed by atoms with Crippen molar-refractivity contribution >= 4 is 46.2 Å². The minimum absolute atomic E-state index is 0.0255. The molecule has 2 fully saturated rings. The molecule has 107 heavy (non-hydrogen) atoms. The van der Waals surface area contributed by atoms with Gasteiger partial charge in [0.05, 0.1) is 48.5 Å². The number of benzene rings is 1. The number of pyridine rings is 1. The molecule has 22 heteroatoms. The normalized spacial score (nSPS) is 11.1. The highest BCUT2D eigenvalue weighted by atomic mass is 32.1. The number of ether oxygens (including phenoxy) is 4. The smallest absolute Gasteiger partial charge is 0.302 e. The molecule has 0 bridgehead atoms. The van der Waals surface area contributed by atoms with Gasteiger partial charge in [-0.1, -0.05) is 120 Å². The lowest BCUT2D eigenvalue weighted by atomic mass is 10.0. The van der Waals surface area contributed by atoms with E-state index in [9.17, 15) is 19.2 Å². The van der Waals surface area contributed by atoms with E-state index in [1.807, 2.05) is 156 Å². The van der Waals surface area contributed by atoms with E-state index >= 15 is 0 Å². The summed E-state index contributed by atoms with van der Waals surface area (Å²) in [5.41, 5.74) is 8.12. The van der Waals surface area contributed by atoms with Crippen LogP contribution in [0.25, 0.3) is 0 Å². The lowest BCUT2D eigenvalue weighted by Gasteiger charge is -2.16. The van der Waals surface area contributed by atoms with Gasteiger partial charge in [0, 0.05) is 125 Å². The molecule has 12 rings (SSSR count). The number of thiazole rings is 1. The molecule has 0 amide bonds. The van der Waals surface area contributed by atoms with Crippen LogP contribution in [0.1, 0.15) is 200 Å². The van der Waals surface area contributed by atoms with E-state index in [1.165, 1.54) is 80.5 Å². The number of Topliss-reactive ketones (excluding diaryl/α,β-unsaturated/α-hetero) is 2. The van der Waals surface area contributed by atoms with E-state index < -0.39 is 0 Å². The maximum Gasteiger partial charge on any atom is 0.302 e. The zero-order valence-corrected chi connectivity index (χ0v) is 71.7. The molecule has 1 N–H and O–H groups in total. The van der Waals surface area contributed by atoms with Crippen LogP contribution in [0.5, 0.6) is 0 Å². The molecule has 0 radical (unpaired) electrons. The standard InChI is InChI=1S/C7H8.C6H7N.C6H12O.C6H10O.3C5H6N2.C5H10O2.C5H6S.2C4H6N2.C4H5NS.C4H8O2.C4H8O.C4H8.C4H10.C4H8.C3H6O/c1-7-5-3-2-4-6-7;1-6-4-2-3-5-7-6;2*1-6-2-4-7-5-3-6;1-5-4-6-2-3-7-5;1-5-6-3-2-4-7-5;1-5-3-2-4-6-7-5;1-4(2)7-5(3)6;1-5-3-2-4-6-5;1-4-2-5-6-3-4;1-6-4-2-3-5-6;1-4-5-2-3-6-4;1-3-6-4(2)5;1-3-4(2)5;1-4-2-3-4;2*1-4(2)3;1-3(2)4/h2-6H,1H3;2-5H,1H3;6H,2-5H2,1H3;2H,3-5H2,1H3;3*2-4H,1H3;4H,1-3H3;2-4H,1H3;2-3H,1H3,(H,5,6);2-4H,1H3;2-3H,1H3;3H2,1-2H3;3H2,1-2H3;4H,2-3H2,1H3;4H,1-3H3;1H2,2-3H3;1-2H3. The van der Waals surface area contributed by atoms with Crippen molar-refractivity contribution in [3.8, 4) is 0 Å². The fourth-order valence-corrected chi connectivity index (χ4v) is 6.53. The average Bonchev–Trinajstić information content (AvgIpc) is 1.86. The summed E-state index contributed by atoms with van der Waals surface area (Å²) in [4.78, 5) is 63.9. The number of hydrogen-bond acceptors (Lipinski definition) is 20. The molecule has 9 aromatic rings. The number of carbonyl (C=O) groups excluding carboxylic acids is 4. The third kappa shape index (κ3) is 116. The molecular formula is C85H136N12O8S2. The van der Waals surface area contributed by atoms with Crippen LogP contribution in [-0.4, -0.2) is 123 Å². The highest BCUT2D eigenvalue weighted by Crippen LogP contribution is 2.26. The highest BCUT2D eigenvalue weighted by molar-refractivity contribution is 7.09. The summed E-state index contributed by atoms with van der Waals surface area (Å²) < 4.78 is 21.0. The van der Waals surface area contributed by atoms with Gasteiger partial charge in [0.1, 0.15) is 17.4 Å². The number of aromatic nitrogens is 12. The van der Waals surface area contributed by atoms with Crippen molar-refractivity contribution in [3.05, 3.63) is 238 Å². The Hall–Kier alpha value is -8.96. The van der Waals surface area contributed by atoms with Gasteiger partial charge < -0.3 is 28.5 Å². The Labute approximate surface area is 654 Å². The first-order valence-electron chi connectivity index (χ1n) is 36.1. The maximum atomic E-state index is 10.0. The molecule has 0 atom stereocenters. The van der Waals surface area contributed by atoms with Crippen LogP contribution in [0.15, 0.2) is 194 Å². The summed E-state index contributed by atoms with van der Waals surface area (Å²) in [6.45, 7) is 55.4. The van der Waals surface area contributed by atoms with Gasteiger partial charge in [0.25, 0.3) is 0 Å². The molecule has 2 aliphatic heterocycles. The van der Waals surface area contributed by atoms with E-state index in [0.717, 1.165) is 78.5 Å². The average molecular weight is 1520 g/mol. The molecule has 0 unspecified atom stereocenters. The highest BCUT2D eigenvalue weighted by Gasteiger charge is 2.12. The number of thiophene rings is 1. The maximum absolute atomic E-state index is 10.0. The van der Waals surface area contributed by atoms with Crippen LogP contribution in [0, 0.1) is 73.1 Å². The number of H-pyrrole nitrogens is 1. The quantitative estimate of drug-likeness (QED) is 0.127. The number of rotatable bonds is 3. The molecule has 0 spiro atoms. The molecule has 3 aliphatic rings. The Bertz CT molecular complexity index is 2940. The molecule has 10 heterocycles.